The van der Waals surface area contributed by atoms with Crippen molar-refractivity contribution >= 4 is 23.0 Å². The Morgan fingerprint density at radius 3 is 2.67 bits per heavy atom. The Kier molecular flexibility index (Phi) is 5.37. The monoisotopic (exact) mass is 268 g/mol. The Bertz CT molecular complexity index is 408. The Morgan fingerprint density at radius 1 is 1.39 bits per heavy atom. The number of thiocarbonyl (C=S) groups is 1. The molecule has 0 bridgehead atoms. The smallest absolute Gasteiger partial charge is 0.171 e. The molecule has 1 rings (SSSR count). The molecule has 0 aromatic heterocycles. The number of hydrogen-bond acceptors (Lipinski definition) is 3. The second-order valence-electron chi connectivity index (χ2n) is 4.55. The molecule has 5 heteroatoms. The molecule has 0 aliphatic heterocycles. The van der Waals surface area contributed by atoms with Crippen LogP contribution in [0, 0.1) is 0 Å². The Balaban J connectivity index is 2.70. The van der Waals surface area contributed by atoms with Gasteiger partial charge in [-0.2, -0.15) is 0 Å². The van der Waals surface area contributed by atoms with Crippen molar-refractivity contribution in [2.24, 2.45) is 0 Å². The van der Waals surface area contributed by atoms with Gasteiger partial charge in [0.25, 0.3) is 0 Å². The minimum Gasteiger partial charge on any atom is -0.492 e. The quantitative estimate of drug-likeness (QED) is 0.714. The second-order valence-corrected chi connectivity index (χ2v) is 4.96. The SMILES string of the molecule is CCOc1ccccc1NC(=S)NC(C)(C)CO. The molecule has 100 valence electrons. The van der Waals surface area contributed by atoms with E-state index in [-0.39, 0.29) is 6.61 Å². The summed E-state index contributed by atoms with van der Waals surface area (Å²) >= 11 is 5.21. The highest BCUT2D eigenvalue weighted by Gasteiger charge is 2.17. The van der Waals surface area contributed by atoms with Gasteiger partial charge in [0.05, 0.1) is 24.4 Å². The van der Waals surface area contributed by atoms with Gasteiger partial charge in [-0.15, -0.1) is 0 Å². The van der Waals surface area contributed by atoms with Gasteiger partial charge >= 0.3 is 0 Å². The van der Waals surface area contributed by atoms with Crippen LogP contribution in [0.5, 0.6) is 5.75 Å². The molecular weight excluding hydrogens is 248 g/mol. The van der Waals surface area contributed by atoms with Gasteiger partial charge in [-0.3, -0.25) is 0 Å². The first kappa shape index (κ1) is 14.7. The number of benzene rings is 1. The standard InChI is InChI=1S/C13H20N2O2S/c1-4-17-11-8-6-5-7-10(11)14-12(18)15-13(2,3)9-16/h5-8,16H,4,9H2,1-3H3,(H2,14,15,18). The minimum atomic E-state index is -0.454. The highest BCUT2D eigenvalue weighted by molar-refractivity contribution is 7.80. The molecule has 0 saturated carbocycles. The van der Waals surface area contributed by atoms with Gasteiger partial charge in [-0.1, -0.05) is 12.1 Å². The van der Waals surface area contributed by atoms with Gasteiger partial charge in [-0.05, 0) is 45.1 Å². The summed E-state index contributed by atoms with van der Waals surface area (Å²) in [5, 5.41) is 15.7. The zero-order valence-corrected chi connectivity index (χ0v) is 11.8. The van der Waals surface area contributed by atoms with Gasteiger partial charge in [-0.25, -0.2) is 0 Å². The number of nitrogens with one attached hydrogen (secondary N) is 2. The molecule has 18 heavy (non-hydrogen) atoms. The number of aliphatic hydroxyl groups excluding tert-OH is 1. The normalized spacial score (nSPS) is 10.9. The third-order valence-electron chi connectivity index (χ3n) is 2.28. The Morgan fingerprint density at radius 2 is 2.06 bits per heavy atom. The van der Waals surface area contributed by atoms with Crippen molar-refractivity contribution in [1.29, 1.82) is 0 Å². The van der Waals surface area contributed by atoms with Crippen molar-refractivity contribution in [3.63, 3.8) is 0 Å². The Labute approximate surface area is 113 Å². The van der Waals surface area contributed by atoms with E-state index in [2.05, 4.69) is 10.6 Å². The largest absolute Gasteiger partial charge is 0.492 e. The lowest BCUT2D eigenvalue weighted by Gasteiger charge is -2.25. The molecular formula is C13H20N2O2S. The van der Waals surface area contributed by atoms with Gasteiger partial charge in [0.15, 0.2) is 5.11 Å². The van der Waals surface area contributed by atoms with Gasteiger partial charge in [0, 0.05) is 0 Å². The van der Waals surface area contributed by atoms with Crippen LogP contribution in [0.1, 0.15) is 20.8 Å². The summed E-state index contributed by atoms with van der Waals surface area (Å²) < 4.78 is 5.50. The zero-order valence-electron chi connectivity index (χ0n) is 11.0. The van der Waals surface area contributed by atoms with E-state index in [1.807, 2.05) is 45.0 Å². The number of para-hydroxylation sites is 2. The lowest BCUT2D eigenvalue weighted by atomic mass is 10.1. The zero-order chi connectivity index (χ0) is 13.6. The molecule has 3 N–H and O–H groups in total. The molecule has 0 atom stereocenters. The maximum atomic E-state index is 9.17. The maximum Gasteiger partial charge on any atom is 0.171 e. The van der Waals surface area contributed by atoms with Crippen molar-refractivity contribution < 1.29 is 9.84 Å². The fraction of sp³-hybridized carbons (Fsp3) is 0.462. The van der Waals surface area contributed by atoms with E-state index in [1.54, 1.807) is 0 Å². The molecule has 0 amide bonds. The first-order chi connectivity index (χ1) is 8.48. The molecule has 1 aromatic carbocycles. The average Bonchev–Trinajstić information content (AvgIpc) is 2.31. The first-order valence-electron chi connectivity index (χ1n) is 5.90. The van der Waals surface area contributed by atoms with Crippen molar-refractivity contribution in [1.82, 2.24) is 5.32 Å². The van der Waals surface area contributed by atoms with Crippen LogP contribution in [-0.4, -0.2) is 29.0 Å². The second kappa shape index (κ2) is 6.56. The number of rotatable bonds is 5. The maximum absolute atomic E-state index is 9.17. The molecule has 0 aliphatic rings. The molecule has 0 unspecified atom stereocenters. The number of aliphatic hydroxyl groups is 1. The molecule has 0 spiro atoms. The van der Waals surface area contributed by atoms with Crippen LogP contribution in [0.25, 0.3) is 0 Å². The fourth-order valence-corrected chi connectivity index (χ4v) is 1.74. The molecule has 0 heterocycles. The molecule has 0 fully saturated rings. The first-order valence-corrected chi connectivity index (χ1v) is 6.31. The number of hydrogen-bond donors (Lipinski definition) is 3. The summed E-state index contributed by atoms with van der Waals surface area (Å²) in [6.45, 7) is 6.27. The highest BCUT2D eigenvalue weighted by atomic mass is 32.1. The summed E-state index contributed by atoms with van der Waals surface area (Å²) in [5.74, 6) is 0.756. The van der Waals surface area contributed by atoms with Crippen LogP contribution in [0.3, 0.4) is 0 Å². The van der Waals surface area contributed by atoms with E-state index >= 15 is 0 Å². The summed E-state index contributed by atoms with van der Waals surface area (Å²) in [7, 11) is 0. The fourth-order valence-electron chi connectivity index (χ4n) is 1.35. The van der Waals surface area contributed by atoms with Crippen molar-refractivity contribution in [2.45, 2.75) is 26.3 Å². The third-order valence-corrected chi connectivity index (χ3v) is 2.49. The highest BCUT2D eigenvalue weighted by Crippen LogP contribution is 2.23. The van der Waals surface area contributed by atoms with Crippen molar-refractivity contribution in [2.75, 3.05) is 18.5 Å². The van der Waals surface area contributed by atoms with Gasteiger partial charge in [0.2, 0.25) is 0 Å². The molecule has 0 radical (unpaired) electrons. The predicted octanol–water partition coefficient (Wildman–Crippen LogP) is 2.14. The van der Waals surface area contributed by atoms with E-state index in [0.717, 1.165) is 11.4 Å². The van der Waals surface area contributed by atoms with Crippen molar-refractivity contribution in [3.05, 3.63) is 24.3 Å². The minimum absolute atomic E-state index is 0.00191. The third kappa shape index (κ3) is 4.50. The van der Waals surface area contributed by atoms with Crippen LogP contribution >= 0.6 is 12.2 Å². The van der Waals surface area contributed by atoms with Crippen LogP contribution in [0.4, 0.5) is 5.69 Å². The van der Waals surface area contributed by atoms with E-state index in [4.69, 9.17) is 17.0 Å². The van der Waals surface area contributed by atoms with Crippen molar-refractivity contribution in [3.8, 4) is 5.75 Å². The summed E-state index contributed by atoms with van der Waals surface area (Å²) in [6, 6.07) is 7.59. The van der Waals surface area contributed by atoms with Crippen LogP contribution in [0.2, 0.25) is 0 Å². The molecule has 1 aromatic rings. The molecule has 0 aliphatic carbocycles. The number of anilines is 1. The molecule has 4 nitrogen and oxygen atoms in total. The van der Waals surface area contributed by atoms with Crippen LogP contribution < -0.4 is 15.4 Å². The van der Waals surface area contributed by atoms with E-state index in [0.29, 0.717) is 11.7 Å². The lowest BCUT2D eigenvalue weighted by molar-refractivity contribution is 0.207. The topological polar surface area (TPSA) is 53.5 Å². The van der Waals surface area contributed by atoms with E-state index < -0.39 is 5.54 Å². The molecule has 0 saturated heterocycles. The van der Waals surface area contributed by atoms with Gasteiger partial charge in [0.1, 0.15) is 5.75 Å². The van der Waals surface area contributed by atoms with Crippen LogP contribution in [0.15, 0.2) is 24.3 Å². The predicted molar refractivity (Wildman–Crippen MR) is 78.1 cm³/mol. The van der Waals surface area contributed by atoms with Gasteiger partial charge < -0.3 is 20.5 Å². The lowest BCUT2D eigenvalue weighted by Crippen LogP contribution is -2.48. The Hall–Kier alpha value is -1.33. The van der Waals surface area contributed by atoms with E-state index in [9.17, 15) is 5.11 Å². The summed E-state index contributed by atoms with van der Waals surface area (Å²) in [5.41, 5.74) is 0.357. The number of ether oxygens (including phenoxy) is 1. The average molecular weight is 268 g/mol. The summed E-state index contributed by atoms with van der Waals surface area (Å²) in [4.78, 5) is 0. The summed E-state index contributed by atoms with van der Waals surface area (Å²) in [6.07, 6.45) is 0. The van der Waals surface area contributed by atoms with E-state index in [1.165, 1.54) is 0 Å². The van der Waals surface area contributed by atoms with Crippen LogP contribution in [-0.2, 0) is 0 Å².